The smallest absolute Gasteiger partial charge is 0.328 e. The zero-order chi connectivity index (χ0) is 8.08. The Hall–Kier alpha value is -0.170. The molecule has 9 heavy (non-hydrogen) atoms. The van der Waals surface area contributed by atoms with Crippen LogP contribution in [0.5, 0.6) is 0 Å². The first-order valence-electron chi connectivity index (χ1n) is 2.19. The van der Waals surface area contributed by atoms with Gasteiger partial charge in [0.1, 0.15) is 0 Å². The Morgan fingerprint density at radius 1 is 1.33 bits per heavy atom. The summed E-state index contributed by atoms with van der Waals surface area (Å²) >= 11 is 0. The van der Waals surface area contributed by atoms with Gasteiger partial charge in [0.05, 0.1) is 0 Å². The van der Waals surface area contributed by atoms with Gasteiger partial charge in [-0.2, -0.15) is 8.42 Å². The van der Waals surface area contributed by atoms with Crippen molar-refractivity contribution in [3.8, 4) is 0 Å². The number of hydrogen-bond acceptors (Lipinski definition) is 3. The molecule has 0 aliphatic rings. The standard InChI is InChI=1S/C3H9N.H2O4S/c1-3(2)4;1-5(2,3)4/h3H,4H2,1-2H3;(H2,1,2,3,4). The SMILES string of the molecule is CC(C)N.O=S(=O)(O)O. The van der Waals surface area contributed by atoms with Gasteiger partial charge in [0, 0.05) is 0 Å². The van der Waals surface area contributed by atoms with Gasteiger partial charge < -0.3 is 5.73 Å². The second kappa shape index (κ2) is 4.68. The molecule has 0 saturated carbocycles. The highest BCUT2D eigenvalue weighted by Gasteiger charge is 1.84. The quantitative estimate of drug-likeness (QED) is 0.419. The van der Waals surface area contributed by atoms with Gasteiger partial charge in [-0.25, -0.2) is 0 Å². The van der Waals surface area contributed by atoms with Gasteiger partial charge in [-0.15, -0.1) is 0 Å². The maximum absolute atomic E-state index is 8.74. The van der Waals surface area contributed by atoms with Gasteiger partial charge in [-0.1, -0.05) is 13.8 Å². The van der Waals surface area contributed by atoms with Crippen LogP contribution in [0.4, 0.5) is 0 Å². The minimum atomic E-state index is -4.67. The zero-order valence-corrected chi connectivity index (χ0v) is 6.09. The van der Waals surface area contributed by atoms with Gasteiger partial charge >= 0.3 is 10.4 Å². The molecule has 0 aromatic heterocycles. The Bertz CT molecular complexity index is 127. The average Bonchev–Trinajstić information content (AvgIpc) is 1.19. The molecule has 0 radical (unpaired) electrons. The van der Waals surface area contributed by atoms with E-state index in [1.54, 1.807) is 0 Å². The summed E-state index contributed by atoms with van der Waals surface area (Å²) < 4.78 is 31.6. The lowest BCUT2D eigenvalue weighted by atomic mass is 10.5. The summed E-state index contributed by atoms with van der Waals surface area (Å²) in [7, 11) is -4.67. The molecule has 58 valence electrons. The third kappa shape index (κ3) is 9210. The minimum absolute atomic E-state index is 0.333. The lowest BCUT2D eigenvalue weighted by molar-refractivity contribution is 0.381. The molecule has 0 aromatic rings. The maximum atomic E-state index is 8.74. The molecular formula is C3H11NO4S. The Morgan fingerprint density at radius 3 is 1.33 bits per heavy atom. The summed E-state index contributed by atoms with van der Waals surface area (Å²) in [5.41, 5.74) is 5.11. The zero-order valence-electron chi connectivity index (χ0n) is 5.27. The van der Waals surface area contributed by atoms with Crippen LogP contribution in [-0.2, 0) is 10.4 Å². The highest BCUT2D eigenvalue weighted by atomic mass is 32.3. The predicted octanol–water partition coefficient (Wildman–Crippen LogP) is -0.299. The van der Waals surface area contributed by atoms with Crippen LogP contribution in [0.3, 0.4) is 0 Å². The summed E-state index contributed by atoms with van der Waals surface area (Å²) in [5.74, 6) is 0. The van der Waals surface area contributed by atoms with Gasteiger partial charge in [0.25, 0.3) is 0 Å². The summed E-state index contributed by atoms with van der Waals surface area (Å²) in [5, 5.41) is 0. The third-order valence-corrected chi connectivity index (χ3v) is 0. The largest absolute Gasteiger partial charge is 0.394 e. The van der Waals surface area contributed by atoms with Crippen LogP contribution in [0.15, 0.2) is 0 Å². The number of rotatable bonds is 0. The van der Waals surface area contributed by atoms with Crippen molar-refractivity contribution in [2.75, 3.05) is 0 Å². The van der Waals surface area contributed by atoms with Crippen LogP contribution >= 0.6 is 0 Å². The molecule has 0 bridgehead atoms. The van der Waals surface area contributed by atoms with Gasteiger partial charge in [-0.05, 0) is 6.04 Å². The molecule has 0 heterocycles. The number of hydrogen-bond donors (Lipinski definition) is 3. The molecule has 0 aliphatic carbocycles. The molecule has 0 spiro atoms. The van der Waals surface area contributed by atoms with E-state index in [2.05, 4.69) is 0 Å². The Balaban J connectivity index is 0. The molecular weight excluding hydrogens is 146 g/mol. The highest BCUT2D eigenvalue weighted by molar-refractivity contribution is 7.79. The lowest BCUT2D eigenvalue weighted by Gasteiger charge is -1.81. The second-order valence-electron chi connectivity index (χ2n) is 1.69. The van der Waals surface area contributed by atoms with E-state index in [9.17, 15) is 0 Å². The summed E-state index contributed by atoms with van der Waals surface area (Å²) in [6.45, 7) is 3.89. The lowest BCUT2D eigenvalue weighted by Crippen LogP contribution is -2.06. The molecule has 0 aromatic carbocycles. The van der Waals surface area contributed by atoms with Crippen molar-refractivity contribution in [2.45, 2.75) is 19.9 Å². The molecule has 4 N–H and O–H groups in total. The van der Waals surface area contributed by atoms with Gasteiger partial charge in [-0.3, -0.25) is 9.11 Å². The fraction of sp³-hybridized carbons (Fsp3) is 1.00. The summed E-state index contributed by atoms with van der Waals surface area (Å²) in [4.78, 5) is 0. The molecule has 0 amide bonds. The van der Waals surface area contributed by atoms with Crippen LogP contribution in [-0.4, -0.2) is 23.6 Å². The third-order valence-electron chi connectivity index (χ3n) is 0. The van der Waals surface area contributed by atoms with Gasteiger partial charge in [0.15, 0.2) is 0 Å². The fourth-order valence-electron chi connectivity index (χ4n) is 0. The van der Waals surface area contributed by atoms with Gasteiger partial charge in [0.2, 0.25) is 0 Å². The highest BCUT2D eigenvalue weighted by Crippen LogP contribution is 1.59. The van der Waals surface area contributed by atoms with Crippen LogP contribution < -0.4 is 5.73 Å². The molecule has 0 rings (SSSR count). The van der Waals surface area contributed by atoms with Crippen molar-refractivity contribution < 1.29 is 17.5 Å². The molecule has 0 unspecified atom stereocenters. The maximum Gasteiger partial charge on any atom is 0.394 e. The first-order valence-corrected chi connectivity index (χ1v) is 3.58. The van der Waals surface area contributed by atoms with Crippen LogP contribution in [0.2, 0.25) is 0 Å². The van der Waals surface area contributed by atoms with Crippen molar-refractivity contribution in [1.29, 1.82) is 0 Å². The second-order valence-corrected chi connectivity index (χ2v) is 2.59. The van der Waals surface area contributed by atoms with Crippen molar-refractivity contribution in [3.05, 3.63) is 0 Å². The first kappa shape index (κ1) is 11.6. The molecule has 0 saturated heterocycles. The van der Waals surface area contributed by atoms with Crippen molar-refractivity contribution in [2.24, 2.45) is 5.73 Å². The van der Waals surface area contributed by atoms with E-state index in [0.717, 1.165) is 0 Å². The van der Waals surface area contributed by atoms with Crippen molar-refractivity contribution in [3.63, 3.8) is 0 Å². The summed E-state index contributed by atoms with van der Waals surface area (Å²) in [6, 6.07) is 0.333. The van der Waals surface area contributed by atoms with E-state index >= 15 is 0 Å². The van der Waals surface area contributed by atoms with E-state index in [0.29, 0.717) is 6.04 Å². The molecule has 5 nitrogen and oxygen atoms in total. The van der Waals surface area contributed by atoms with Crippen molar-refractivity contribution >= 4 is 10.4 Å². The minimum Gasteiger partial charge on any atom is -0.328 e. The Labute approximate surface area is 54.4 Å². The Morgan fingerprint density at radius 2 is 1.33 bits per heavy atom. The van der Waals surface area contributed by atoms with Crippen molar-refractivity contribution in [1.82, 2.24) is 0 Å². The Kier molecular flexibility index (Phi) is 6.04. The summed E-state index contributed by atoms with van der Waals surface area (Å²) in [6.07, 6.45) is 0. The topological polar surface area (TPSA) is 101 Å². The molecule has 0 aliphatic heterocycles. The molecule has 0 atom stereocenters. The molecule has 0 fully saturated rings. The number of nitrogens with two attached hydrogens (primary N) is 1. The van der Waals surface area contributed by atoms with E-state index in [1.165, 1.54) is 0 Å². The van der Waals surface area contributed by atoms with E-state index in [4.69, 9.17) is 23.3 Å². The normalized spacial score (nSPS) is 10.4. The first-order chi connectivity index (χ1) is 3.73. The van der Waals surface area contributed by atoms with E-state index < -0.39 is 10.4 Å². The fourth-order valence-corrected chi connectivity index (χ4v) is 0. The predicted molar refractivity (Wildman–Crippen MR) is 33.5 cm³/mol. The van der Waals surface area contributed by atoms with Crippen LogP contribution in [0, 0.1) is 0 Å². The molecule has 6 heteroatoms. The van der Waals surface area contributed by atoms with E-state index in [1.807, 2.05) is 13.8 Å². The van der Waals surface area contributed by atoms with Crippen LogP contribution in [0.1, 0.15) is 13.8 Å². The monoisotopic (exact) mass is 157 g/mol. The van der Waals surface area contributed by atoms with Crippen LogP contribution in [0.25, 0.3) is 0 Å². The average molecular weight is 157 g/mol. The van der Waals surface area contributed by atoms with E-state index in [-0.39, 0.29) is 0 Å².